The van der Waals surface area contributed by atoms with Gasteiger partial charge in [0, 0.05) is 29.4 Å². The highest BCUT2D eigenvalue weighted by Crippen LogP contribution is 2.37. The number of carbonyl (C=O) groups is 2. The van der Waals surface area contributed by atoms with Crippen LogP contribution >= 0.6 is 0 Å². The number of methoxy groups -OCH3 is 3. The maximum Gasteiger partial charge on any atom is 0.490 e. The number of pyridine rings is 1. The van der Waals surface area contributed by atoms with Gasteiger partial charge in [-0.25, -0.2) is 18.3 Å². The molecule has 2 aromatic heterocycles. The fraction of sp³-hybridized carbons (Fsp3) is 0.133. The van der Waals surface area contributed by atoms with Gasteiger partial charge in [-0.1, -0.05) is 0 Å². The van der Waals surface area contributed by atoms with Crippen molar-refractivity contribution in [3.63, 3.8) is 0 Å². The number of nitrogens with one attached hydrogen (secondary N) is 1. The smallest absolute Gasteiger partial charge is 0.490 e. The Balaban J connectivity index is 0.000000617. The van der Waals surface area contributed by atoms with E-state index in [1.54, 1.807) is 18.2 Å². The van der Waals surface area contributed by atoms with Gasteiger partial charge in [-0.05, 0) is 48.5 Å². The molecule has 16 heteroatoms. The monoisotopic (exact) mass is 646 g/mol. The summed E-state index contributed by atoms with van der Waals surface area (Å²) >= 11 is 0. The summed E-state index contributed by atoms with van der Waals surface area (Å²) in [5, 5.41) is 14.6. The number of carbonyl (C=O) groups excluding carboxylic acids is 1. The van der Waals surface area contributed by atoms with Gasteiger partial charge in [-0.15, -0.1) is 0 Å². The first-order chi connectivity index (χ1) is 21.8. The minimum absolute atomic E-state index is 0.0322. The van der Waals surface area contributed by atoms with Gasteiger partial charge in [-0.3, -0.25) is 9.78 Å². The highest BCUT2D eigenvalue weighted by molar-refractivity contribution is 6.04. The molecule has 0 aliphatic heterocycles. The molecular weight excluding hydrogens is 623 g/mol. The summed E-state index contributed by atoms with van der Waals surface area (Å²) < 4.78 is 83.2. The van der Waals surface area contributed by atoms with Crippen LogP contribution in [0.3, 0.4) is 0 Å². The molecule has 46 heavy (non-hydrogen) atoms. The second-order valence-corrected chi connectivity index (χ2v) is 9.00. The summed E-state index contributed by atoms with van der Waals surface area (Å²) in [7, 11) is 4.42. The van der Waals surface area contributed by atoms with Gasteiger partial charge >= 0.3 is 12.1 Å². The van der Waals surface area contributed by atoms with Gasteiger partial charge in [0.05, 0.1) is 38.7 Å². The summed E-state index contributed by atoms with van der Waals surface area (Å²) in [6.07, 6.45) is -2.06. The summed E-state index contributed by atoms with van der Waals surface area (Å²) in [5.41, 5.74) is 1.24. The lowest BCUT2D eigenvalue weighted by Gasteiger charge is -2.13. The van der Waals surface area contributed by atoms with Crippen molar-refractivity contribution in [3.8, 4) is 34.4 Å². The molecule has 0 unspecified atom stereocenters. The predicted molar refractivity (Wildman–Crippen MR) is 153 cm³/mol. The van der Waals surface area contributed by atoms with Crippen LogP contribution in [-0.2, 0) is 4.79 Å². The van der Waals surface area contributed by atoms with E-state index < -0.39 is 29.7 Å². The second-order valence-electron chi connectivity index (χ2n) is 9.00. The Labute approximate surface area is 256 Å². The molecule has 11 nitrogen and oxygen atoms in total. The number of hydrogen-bond acceptors (Lipinski definition) is 8. The SMILES string of the molecule is COc1cc2nccc(Oc3ccc(NC(=O)c4nn(-c5ccc(F)cc5)cc4OC)cc3F)c2cc1OC.O=C(O)C(F)(F)F. The third-order valence-electron chi connectivity index (χ3n) is 6.07. The van der Waals surface area contributed by atoms with E-state index in [0.29, 0.717) is 33.8 Å². The van der Waals surface area contributed by atoms with Gasteiger partial charge in [-0.2, -0.15) is 18.3 Å². The largest absolute Gasteiger partial charge is 0.493 e. The lowest BCUT2D eigenvalue weighted by molar-refractivity contribution is -0.192. The number of rotatable bonds is 8. The molecule has 0 spiro atoms. The highest BCUT2D eigenvalue weighted by Gasteiger charge is 2.38. The van der Waals surface area contributed by atoms with Crippen molar-refractivity contribution in [3.05, 3.63) is 90.4 Å². The van der Waals surface area contributed by atoms with E-state index in [2.05, 4.69) is 15.4 Å². The molecule has 3 aromatic carbocycles. The van der Waals surface area contributed by atoms with Crippen LogP contribution in [0.5, 0.6) is 28.7 Å². The Morgan fingerprint density at radius 3 is 2.04 bits per heavy atom. The molecule has 0 saturated heterocycles. The number of hydrogen-bond donors (Lipinski definition) is 2. The first-order valence-electron chi connectivity index (χ1n) is 12.8. The van der Waals surface area contributed by atoms with Crippen molar-refractivity contribution in [1.29, 1.82) is 0 Å². The van der Waals surface area contributed by atoms with Crippen molar-refractivity contribution in [2.75, 3.05) is 26.6 Å². The second kappa shape index (κ2) is 13.8. The number of anilines is 1. The van der Waals surface area contributed by atoms with Crippen molar-refractivity contribution in [2.24, 2.45) is 0 Å². The van der Waals surface area contributed by atoms with E-state index in [9.17, 15) is 22.4 Å². The van der Waals surface area contributed by atoms with Gasteiger partial charge in [0.15, 0.2) is 34.5 Å². The number of carboxylic acids is 1. The Morgan fingerprint density at radius 1 is 0.826 bits per heavy atom. The fourth-order valence-electron chi connectivity index (χ4n) is 3.90. The number of carboxylic acid groups (broad SMARTS) is 1. The summed E-state index contributed by atoms with van der Waals surface area (Å²) in [6, 6.07) is 14.6. The number of fused-ring (bicyclic) bond motifs is 1. The zero-order valence-electron chi connectivity index (χ0n) is 24.1. The number of ether oxygens (including phenoxy) is 4. The normalized spacial score (nSPS) is 10.9. The van der Waals surface area contributed by atoms with Crippen LogP contribution in [0.2, 0.25) is 0 Å². The quantitative estimate of drug-likeness (QED) is 0.184. The molecule has 2 heterocycles. The van der Waals surface area contributed by atoms with Crippen molar-refractivity contribution in [1.82, 2.24) is 14.8 Å². The molecule has 0 atom stereocenters. The van der Waals surface area contributed by atoms with Crippen LogP contribution in [0, 0.1) is 11.6 Å². The molecule has 2 N–H and O–H groups in total. The van der Waals surface area contributed by atoms with Crippen LogP contribution in [0.4, 0.5) is 27.6 Å². The number of amides is 1. The number of alkyl halides is 3. The van der Waals surface area contributed by atoms with E-state index in [1.165, 1.54) is 74.8 Å². The molecule has 5 aromatic rings. The Morgan fingerprint density at radius 2 is 1.46 bits per heavy atom. The summed E-state index contributed by atoms with van der Waals surface area (Å²) in [5.74, 6) is -3.03. The lowest BCUT2D eigenvalue weighted by Crippen LogP contribution is -2.21. The Bertz CT molecular complexity index is 1880. The zero-order valence-corrected chi connectivity index (χ0v) is 24.1. The molecule has 0 aliphatic carbocycles. The molecule has 0 radical (unpaired) electrons. The fourth-order valence-corrected chi connectivity index (χ4v) is 3.90. The number of aromatic nitrogens is 3. The summed E-state index contributed by atoms with van der Waals surface area (Å²) in [6.45, 7) is 0. The highest BCUT2D eigenvalue weighted by atomic mass is 19.4. The van der Waals surface area contributed by atoms with Crippen LogP contribution in [0.15, 0.2) is 73.1 Å². The van der Waals surface area contributed by atoms with E-state index in [1.807, 2.05) is 0 Å². The number of halogens is 5. The standard InChI is InChI=1S/C28H22F2N4O5.C2HF3O2/c1-36-24-13-19-21(14-25(24)37-2)31-11-10-22(19)39-23-9-6-17(12-20(23)30)32-28(35)27-26(38-3)15-34(33-27)18-7-4-16(29)5-8-18;3-2(4,5)1(6)7/h4-15H,1-3H3,(H,32,35);(H,6,7). The molecule has 5 rings (SSSR count). The molecular formula is C30H23F5N4O7. The van der Waals surface area contributed by atoms with Gasteiger partial charge in [0.25, 0.3) is 5.91 Å². The van der Waals surface area contributed by atoms with Crippen LogP contribution < -0.4 is 24.3 Å². The minimum atomic E-state index is -5.08. The summed E-state index contributed by atoms with van der Waals surface area (Å²) in [4.78, 5) is 26.1. The van der Waals surface area contributed by atoms with Gasteiger partial charge in [0.2, 0.25) is 0 Å². The van der Waals surface area contributed by atoms with E-state index >= 15 is 4.39 Å². The first kappa shape index (κ1) is 33.0. The maximum atomic E-state index is 15.0. The van der Waals surface area contributed by atoms with Crippen molar-refractivity contribution in [2.45, 2.75) is 6.18 Å². The van der Waals surface area contributed by atoms with E-state index in [4.69, 9.17) is 28.8 Å². The topological polar surface area (TPSA) is 134 Å². The minimum Gasteiger partial charge on any atom is -0.493 e. The number of nitrogens with zero attached hydrogens (tertiary/aromatic N) is 3. The molecule has 1 amide bonds. The molecule has 0 aliphatic rings. The van der Waals surface area contributed by atoms with Crippen molar-refractivity contribution < 1.29 is 55.6 Å². The Hall–Kier alpha value is -5.93. The third-order valence-corrected chi connectivity index (χ3v) is 6.07. The van der Waals surface area contributed by atoms with Gasteiger partial charge in [0.1, 0.15) is 11.6 Å². The lowest BCUT2D eigenvalue weighted by atomic mass is 10.2. The van der Waals surface area contributed by atoms with Crippen LogP contribution in [0.25, 0.3) is 16.6 Å². The van der Waals surface area contributed by atoms with Crippen LogP contribution in [-0.4, -0.2) is 59.3 Å². The Kier molecular flexibility index (Phi) is 9.89. The third kappa shape index (κ3) is 7.58. The van der Waals surface area contributed by atoms with Gasteiger partial charge < -0.3 is 29.4 Å². The van der Waals surface area contributed by atoms with Crippen molar-refractivity contribution >= 4 is 28.5 Å². The number of aliphatic carboxylic acids is 1. The molecule has 0 saturated carbocycles. The predicted octanol–water partition coefficient (Wildman–Crippen LogP) is 6.40. The molecule has 0 fully saturated rings. The van der Waals surface area contributed by atoms with E-state index in [-0.39, 0.29) is 22.9 Å². The molecule has 0 bridgehead atoms. The molecule has 240 valence electrons. The van der Waals surface area contributed by atoms with E-state index in [0.717, 1.165) is 6.07 Å². The number of benzene rings is 3. The average molecular weight is 647 g/mol. The average Bonchev–Trinajstić information content (AvgIpc) is 3.47. The zero-order chi connectivity index (χ0) is 33.6. The first-order valence-corrected chi connectivity index (χ1v) is 12.8. The van der Waals surface area contributed by atoms with Crippen LogP contribution in [0.1, 0.15) is 10.5 Å². The maximum absolute atomic E-state index is 15.0.